The Balaban J connectivity index is 1.56. The van der Waals surface area contributed by atoms with Gasteiger partial charge in [-0.3, -0.25) is 39.0 Å². The average molecular weight is 459 g/mol. The molecular weight excluding hydrogens is 434 g/mol. The number of piperidine rings is 1. The Labute approximate surface area is 189 Å². The molecule has 2 aliphatic heterocycles. The molecule has 2 aliphatic rings. The van der Waals surface area contributed by atoms with Gasteiger partial charge >= 0.3 is 0 Å². The highest BCUT2D eigenvalue weighted by atomic mass is 16.5. The summed E-state index contributed by atoms with van der Waals surface area (Å²) >= 11 is 0. The van der Waals surface area contributed by atoms with Crippen LogP contribution < -0.4 is 26.8 Å². The van der Waals surface area contributed by atoms with Crippen LogP contribution in [0.1, 0.15) is 52.8 Å². The lowest BCUT2D eigenvalue weighted by Crippen LogP contribution is -2.54. The maximum Gasteiger partial charge on any atom is 0.266 e. The van der Waals surface area contributed by atoms with Gasteiger partial charge in [0.15, 0.2) is 6.61 Å². The first-order chi connectivity index (χ1) is 15.7. The van der Waals surface area contributed by atoms with Crippen LogP contribution in [0.2, 0.25) is 0 Å². The zero-order valence-electron chi connectivity index (χ0n) is 17.8. The maximum absolute atomic E-state index is 13.0. The average Bonchev–Trinajstić information content (AvgIpc) is 3.02. The molecule has 6 amide bonds. The molecule has 0 bridgehead atoms. The Morgan fingerprint density at radius 1 is 1.18 bits per heavy atom. The lowest BCUT2D eigenvalue weighted by atomic mass is 10.0. The molecular formula is C21H25N5O7. The summed E-state index contributed by atoms with van der Waals surface area (Å²) in [6, 6.07) is 2.59. The Morgan fingerprint density at radius 2 is 1.94 bits per heavy atom. The fraction of sp³-hybridized carbons (Fsp3) is 0.429. The Morgan fingerprint density at radius 3 is 2.64 bits per heavy atom. The van der Waals surface area contributed by atoms with Crippen LogP contribution in [0, 0.1) is 0 Å². The lowest BCUT2D eigenvalue weighted by Gasteiger charge is -2.27. The normalized spacial score (nSPS) is 18.6. The fourth-order valence-electron chi connectivity index (χ4n) is 3.66. The van der Waals surface area contributed by atoms with Crippen molar-refractivity contribution in [2.45, 2.75) is 44.2 Å². The number of nitrogens with one attached hydrogen (secondary N) is 2. The van der Waals surface area contributed by atoms with Crippen molar-refractivity contribution in [2.24, 2.45) is 11.5 Å². The summed E-state index contributed by atoms with van der Waals surface area (Å²) in [6.45, 7) is -0.0571. The SMILES string of the molecule is NC(=O)C(N)CCCCNC(=O)COc1cccc2c1C(=O)N(C1CCC(=O)NC1=O)C2=O. The molecule has 0 aliphatic carbocycles. The number of unbranched alkanes of at least 4 members (excludes halogenated alkanes) is 1. The molecule has 0 spiro atoms. The summed E-state index contributed by atoms with van der Waals surface area (Å²) in [6.07, 6.45) is 1.66. The minimum atomic E-state index is -1.09. The van der Waals surface area contributed by atoms with E-state index in [4.69, 9.17) is 16.2 Å². The number of primary amides is 1. The van der Waals surface area contributed by atoms with Gasteiger partial charge in [0.1, 0.15) is 11.8 Å². The van der Waals surface area contributed by atoms with Gasteiger partial charge in [0.25, 0.3) is 17.7 Å². The van der Waals surface area contributed by atoms with E-state index >= 15 is 0 Å². The molecule has 33 heavy (non-hydrogen) atoms. The summed E-state index contributed by atoms with van der Waals surface area (Å²) in [5, 5.41) is 4.78. The van der Waals surface area contributed by atoms with E-state index in [1.807, 2.05) is 0 Å². The second-order valence-corrected chi connectivity index (χ2v) is 7.77. The molecule has 176 valence electrons. The first-order valence-corrected chi connectivity index (χ1v) is 10.5. The quantitative estimate of drug-likeness (QED) is 0.242. The van der Waals surface area contributed by atoms with Crippen molar-refractivity contribution >= 4 is 35.4 Å². The number of carbonyl (C=O) groups is 6. The van der Waals surface area contributed by atoms with Crippen molar-refractivity contribution in [1.82, 2.24) is 15.5 Å². The van der Waals surface area contributed by atoms with Crippen molar-refractivity contribution in [3.8, 4) is 5.75 Å². The van der Waals surface area contributed by atoms with Crippen molar-refractivity contribution in [3.05, 3.63) is 29.3 Å². The van der Waals surface area contributed by atoms with Crippen LogP contribution in [0.5, 0.6) is 5.75 Å². The molecule has 2 unspecified atom stereocenters. The molecule has 2 atom stereocenters. The number of nitrogens with zero attached hydrogens (tertiary/aromatic N) is 1. The third-order valence-electron chi connectivity index (χ3n) is 5.42. The van der Waals surface area contributed by atoms with Gasteiger partial charge in [0.05, 0.1) is 17.2 Å². The van der Waals surface area contributed by atoms with Gasteiger partial charge < -0.3 is 21.5 Å². The van der Waals surface area contributed by atoms with E-state index in [1.54, 1.807) is 0 Å². The summed E-state index contributed by atoms with van der Waals surface area (Å²) in [5.74, 6) is -3.52. The van der Waals surface area contributed by atoms with Crippen LogP contribution in [0.3, 0.4) is 0 Å². The third-order valence-corrected chi connectivity index (χ3v) is 5.42. The van der Waals surface area contributed by atoms with E-state index < -0.39 is 54.1 Å². The topological polar surface area (TPSA) is 191 Å². The third kappa shape index (κ3) is 5.34. The van der Waals surface area contributed by atoms with Crippen LogP contribution in [0.4, 0.5) is 0 Å². The van der Waals surface area contributed by atoms with Crippen molar-refractivity contribution in [2.75, 3.05) is 13.2 Å². The van der Waals surface area contributed by atoms with E-state index in [9.17, 15) is 28.8 Å². The van der Waals surface area contributed by atoms with Gasteiger partial charge in [0, 0.05) is 13.0 Å². The zero-order chi connectivity index (χ0) is 24.1. The van der Waals surface area contributed by atoms with Gasteiger partial charge in [-0.05, 0) is 37.8 Å². The number of fused-ring (bicyclic) bond motifs is 1. The number of carbonyl (C=O) groups excluding carboxylic acids is 6. The molecule has 3 rings (SSSR count). The van der Waals surface area contributed by atoms with E-state index in [2.05, 4.69) is 10.6 Å². The predicted octanol–water partition coefficient (Wildman–Crippen LogP) is -1.43. The minimum absolute atomic E-state index is 0.0157. The summed E-state index contributed by atoms with van der Waals surface area (Å²) in [4.78, 5) is 73.1. The first-order valence-electron chi connectivity index (χ1n) is 10.5. The molecule has 1 saturated heterocycles. The highest BCUT2D eigenvalue weighted by Crippen LogP contribution is 2.33. The van der Waals surface area contributed by atoms with Crippen LogP contribution in [-0.4, -0.2) is 65.6 Å². The number of amides is 6. The summed E-state index contributed by atoms with van der Waals surface area (Å²) in [5.41, 5.74) is 10.7. The van der Waals surface area contributed by atoms with Crippen molar-refractivity contribution < 1.29 is 33.5 Å². The van der Waals surface area contributed by atoms with Gasteiger partial charge in [-0.1, -0.05) is 6.07 Å². The maximum atomic E-state index is 13.0. The van der Waals surface area contributed by atoms with E-state index in [0.29, 0.717) is 25.8 Å². The number of imide groups is 2. The molecule has 12 heteroatoms. The summed E-state index contributed by atoms with van der Waals surface area (Å²) in [7, 11) is 0. The van der Waals surface area contributed by atoms with Gasteiger partial charge in [-0.2, -0.15) is 0 Å². The molecule has 0 radical (unpaired) electrons. The molecule has 12 nitrogen and oxygen atoms in total. The molecule has 0 aromatic heterocycles. The molecule has 0 saturated carbocycles. The molecule has 1 aromatic rings. The minimum Gasteiger partial charge on any atom is -0.483 e. The number of rotatable bonds is 10. The standard InChI is InChI=1S/C21H25N5O7/c22-12(18(23)29)5-1-2-9-24-16(28)10-33-14-6-3-4-11-17(14)21(32)26(20(11)31)13-7-8-15(27)25-19(13)30/h3-4,6,12-13H,1-2,5,7-10,22H2,(H2,23,29)(H,24,28)(H,25,27,30). The second kappa shape index (κ2) is 10.2. The smallest absolute Gasteiger partial charge is 0.266 e. The number of benzene rings is 1. The monoisotopic (exact) mass is 459 g/mol. The molecule has 1 fully saturated rings. The largest absolute Gasteiger partial charge is 0.483 e. The molecule has 1 aromatic carbocycles. The van der Waals surface area contributed by atoms with E-state index in [0.717, 1.165) is 4.90 Å². The van der Waals surface area contributed by atoms with Crippen molar-refractivity contribution in [3.63, 3.8) is 0 Å². The van der Waals surface area contributed by atoms with Crippen LogP contribution >= 0.6 is 0 Å². The lowest BCUT2D eigenvalue weighted by molar-refractivity contribution is -0.136. The van der Waals surface area contributed by atoms with Crippen molar-refractivity contribution in [1.29, 1.82) is 0 Å². The van der Waals surface area contributed by atoms with Gasteiger partial charge in [-0.25, -0.2) is 0 Å². The Bertz CT molecular complexity index is 1010. The van der Waals surface area contributed by atoms with Crippen LogP contribution in [0.25, 0.3) is 0 Å². The fourth-order valence-corrected chi connectivity index (χ4v) is 3.66. The summed E-state index contributed by atoms with van der Waals surface area (Å²) < 4.78 is 5.49. The Kier molecular flexibility index (Phi) is 7.38. The first kappa shape index (κ1) is 23.9. The number of ether oxygens (including phenoxy) is 1. The number of hydrogen-bond acceptors (Lipinski definition) is 8. The molecule has 6 N–H and O–H groups in total. The van der Waals surface area contributed by atoms with Gasteiger partial charge in [0.2, 0.25) is 17.7 Å². The van der Waals surface area contributed by atoms with E-state index in [1.165, 1.54) is 18.2 Å². The van der Waals surface area contributed by atoms with Crippen LogP contribution in [-0.2, 0) is 19.2 Å². The highest BCUT2D eigenvalue weighted by molar-refractivity contribution is 6.24. The highest BCUT2D eigenvalue weighted by Gasteiger charge is 2.46. The van der Waals surface area contributed by atoms with Gasteiger partial charge in [-0.15, -0.1) is 0 Å². The van der Waals surface area contributed by atoms with E-state index in [-0.39, 0.29) is 29.7 Å². The molecule has 2 heterocycles. The second-order valence-electron chi connectivity index (χ2n) is 7.77. The number of hydrogen-bond donors (Lipinski definition) is 4. The zero-order valence-corrected chi connectivity index (χ0v) is 17.8. The predicted molar refractivity (Wildman–Crippen MR) is 113 cm³/mol. The number of nitrogens with two attached hydrogens (primary N) is 2. The Hall–Kier alpha value is -3.80. The van der Waals surface area contributed by atoms with Crippen LogP contribution in [0.15, 0.2) is 18.2 Å².